The number of benzene rings is 1. The minimum absolute atomic E-state index is 0.308. The Balaban J connectivity index is 2.87. The Morgan fingerprint density at radius 3 is 2.00 bits per heavy atom. The maximum absolute atomic E-state index is 3.08. The van der Waals surface area contributed by atoms with Crippen molar-refractivity contribution in [2.45, 2.75) is 48.0 Å². The second kappa shape index (κ2) is 4.61. The Bertz CT molecular complexity index is 317. The number of rotatable bonds is 4. The van der Waals surface area contributed by atoms with Crippen LogP contribution in [0.1, 0.15) is 47.1 Å². The average molecular weight is 217 g/mol. The second-order valence-corrected chi connectivity index (χ2v) is 6.35. The van der Waals surface area contributed by atoms with Crippen molar-refractivity contribution >= 4 is 0 Å². The summed E-state index contributed by atoms with van der Waals surface area (Å²) >= 11 is 0. The van der Waals surface area contributed by atoms with Gasteiger partial charge in [-0.15, -0.1) is 0 Å². The molecule has 1 aromatic carbocycles. The summed E-state index contributed by atoms with van der Waals surface area (Å²) in [5.41, 5.74) is 2.06. The van der Waals surface area contributed by atoms with Crippen LogP contribution in [0.25, 0.3) is 0 Å². The van der Waals surface area contributed by atoms with E-state index in [1.165, 1.54) is 5.56 Å². The molecule has 0 nitrogen and oxygen atoms in total. The topological polar surface area (TPSA) is 0 Å². The van der Waals surface area contributed by atoms with Crippen molar-refractivity contribution in [1.29, 1.82) is 0 Å². The Morgan fingerprint density at radius 2 is 1.56 bits per heavy atom. The summed E-state index contributed by atoms with van der Waals surface area (Å²) in [5.74, 6) is 0.692. The molecule has 0 atom stereocenters. The quantitative estimate of drug-likeness (QED) is 0.683. The molecule has 0 fully saturated rings. The molecule has 0 saturated carbocycles. The van der Waals surface area contributed by atoms with Crippen molar-refractivity contribution in [3.63, 3.8) is 0 Å². The highest BCUT2D eigenvalue weighted by Gasteiger charge is 2.39. The fourth-order valence-corrected chi connectivity index (χ4v) is 2.06. The summed E-state index contributed by atoms with van der Waals surface area (Å²) in [7, 11) is 0. The molecule has 0 unspecified atom stereocenters. The third kappa shape index (κ3) is 2.66. The Labute approximate surface area is 101 Å². The van der Waals surface area contributed by atoms with E-state index < -0.39 is 0 Å². The monoisotopic (exact) mass is 217 g/mol. The van der Waals surface area contributed by atoms with Gasteiger partial charge >= 0.3 is 0 Å². The van der Waals surface area contributed by atoms with Gasteiger partial charge in [-0.2, -0.15) is 0 Å². The van der Waals surface area contributed by atoms with Gasteiger partial charge in [0.25, 0.3) is 0 Å². The smallest absolute Gasteiger partial charge is 0.0184 e. The van der Waals surface area contributed by atoms with Crippen LogP contribution in [0.15, 0.2) is 24.3 Å². The molecule has 0 aliphatic carbocycles. The molecule has 0 heteroatoms. The first-order chi connectivity index (χ1) is 7.27. The Morgan fingerprint density at radius 1 is 1.06 bits per heavy atom. The third-order valence-corrected chi connectivity index (χ3v) is 4.62. The molecule has 1 rings (SSSR count). The van der Waals surface area contributed by atoms with Gasteiger partial charge in [-0.25, -0.2) is 0 Å². The predicted octanol–water partition coefficient (Wildman–Crippen LogP) is 4.74. The maximum atomic E-state index is 3.08. The highest BCUT2D eigenvalue weighted by Crippen LogP contribution is 2.46. The van der Waals surface area contributed by atoms with Crippen LogP contribution in [0.2, 0.25) is 0 Å². The Kier molecular flexibility index (Phi) is 3.83. The van der Waals surface area contributed by atoms with Gasteiger partial charge in [0.1, 0.15) is 0 Å². The van der Waals surface area contributed by atoms with Gasteiger partial charge in [0.05, 0.1) is 0 Å². The highest BCUT2D eigenvalue weighted by molar-refractivity contribution is 5.16. The van der Waals surface area contributed by atoms with E-state index in [-0.39, 0.29) is 0 Å². The number of hydrogen-bond donors (Lipinski definition) is 0. The van der Waals surface area contributed by atoms with E-state index in [9.17, 15) is 0 Å². The van der Waals surface area contributed by atoms with Gasteiger partial charge in [0.2, 0.25) is 0 Å². The predicted molar refractivity (Wildman–Crippen MR) is 71.4 cm³/mol. The van der Waals surface area contributed by atoms with Crippen molar-refractivity contribution in [2.24, 2.45) is 16.7 Å². The normalized spacial score (nSPS) is 13.2. The molecule has 0 aliphatic heterocycles. The van der Waals surface area contributed by atoms with Crippen molar-refractivity contribution < 1.29 is 0 Å². The van der Waals surface area contributed by atoms with Gasteiger partial charge in [-0.05, 0) is 34.8 Å². The van der Waals surface area contributed by atoms with E-state index in [4.69, 9.17) is 0 Å². The van der Waals surface area contributed by atoms with E-state index >= 15 is 0 Å². The van der Waals surface area contributed by atoms with Gasteiger partial charge in [0.15, 0.2) is 0 Å². The lowest BCUT2D eigenvalue weighted by atomic mass is 9.60. The van der Waals surface area contributed by atoms with Crippen LogP contribution in [0.5, 0.6) is 0 Å². The molecule has 1 radical (unpaired) electrons. The van der Waals surface area contributed by atoms with Crippen LogP contribution in [0.4, 0.5) is 0 Å². The van der Waals surface area contributed by atoms with E-state index in [0.29, 0.717) is 16.7 Å². The fourth-order valence-electron chi connectivity index (χ4n) is 2.06. The molecular formula is C16H25. The molecule has 0 aromatic heterocycles. The standard InChI is InChI=1S/C16H25/c1-13(2)16(5,6)15(3,4)12-14-10-8-7-9-11-14/h8-11,13H,12H2,1-6H3. The van der Waals surface area contributed by atoms with Crippen molar-refractivity contribution in [1.82, 2.24) is 0 Å². The molecule has 16 heavy (non-hydrogen) atoms. The summed E-state index contributed by atoms with van der Waals surface area (Å²) < 4.78 is 0. The van der Waals surface area contributed by atoms with Crippen molar-refractivity contribution in [2.75, 3.05) is 0 Å². The summed E-state index contributed by atoms with van der Waals surface area (Å²) in [6.45, 7) is 14.2. The highest BCUT2D eigenvalue weighted by atomic mass is 14.4. The Hall–Kier alpha value is -0.780. The van der Waals surface area contributed by atoms with Crippen LogP contribution >= 0.6 is 0 Å². The third-order valence-electron chi connectivity index (χ3n) is 4.62. The molecular weight excluding hydrogens is 192 g/mol. The molecule has 0 aliphatic rings. The lowest BCUT2D eigenvalue weighted by Gasteiger charge is -2.45. The van der Waals surface area contributed by atoms with Crippen LogP contribution < -0.4 is 0 Å². The zero-order chi connectivity index (χ0) is 12.4. The lowest BCUT2D eigenvalue weighted by Crippen LogP contribution is -2.38. The molecule has 1 aromatic rings. The SMILES string of the molecule is CC(C)C(C)(C)C(C)(C)Cc1cc[c]cc1. The first-order valence-electron chi connectivity index (χ1n) is 6.22. The van der Waals surface area contributed by atoms with Gasteiger partial charge in [0, 0.05) is 0 Å². The van der Waals surface area contributed by atoms with Crippen molar-refractivity contribution in [3.8, 4) is 0 Å². The van der Waals surface area contributed by atoms with Crippen LogP contribution in [0, 0.1) is 22.8 Å². The summed E-state index contributed by atoms with van der Waals surface area (Å²) in [5, 5.41) is 0. The van der Waals surface area contributed by atoms with Crippen LogP contribution in [-0.2, 0) is 6.42 Å². The lowest BCUT2D eigenvalue weighted by molar-refractivity contribution is 0.0561. The summed E-state index contributed by atoms with van der Waals surface area (Å²) in [6, 6.07) is 11.5. The average Bonchev–Trinajstić information content (AvgIpc) is 2.18. The number of hydrogen-bond acceptors (Lipinski definition) is 0. The van der Waals surface area contributed by atoms with E-state index in [1.54, 1.807) is 0 Å². The summed E-state index contributed by atoms with van der Waals surface area (Å²) in [6.07, 6.45) is 1.13. The van der Waals surface area contributed by atoms with Gasteiger partial charge in [-0.1, -0.05) is 65.8 Å². The first kappa shape index (κ1) is 13.3. The van der Waals surface area contributed by atoms with Crippen LogP contribution in [0.3, 0.4) is 0 Å². The second-order valence-electron chi connectivity index (χ2n) is 6.35. The zero-order valence-corrected chi connectivity index (χ0v) is 11.6. The molecule has 0 bridgehead atoms. The van der Waals surface area contributed by atoms with Crippen molar-refractivity contribution in [3.05, 3.63) is 35.9 Å². The fraction of sp³-hybridized carbons (Fsp3) is 0.625. The summed E-state index contributed by atoms with van der Waals surface area (Å²) in [4.78, 5) is 0. The minimum atomic E-state index is 0.308. The first-order valence-corrected chi connectivity index (χ1v) is 6.22. The zero-order valence-electron chi connectivity index (χ0n) is 11.6. The van der Waals surface area contributed by atoms with E-state index in [0.717, 1.165) is 6.42 Å². The molecule has 0 amide bonds. The molecule has 0 N–H and O–H groups in total. The van der Waals surface area contributed by atoms with Gasteiger partial charge in [-0.3, -0.25) is 0 Å². The molecule has 89 valence electrons. The maximum Gasteiger partial charge on any atom is -0.0184 e. The van der Waals surface area contributed by atoms with Gasteiger partial charge < -0.3 is 0 Å². The van der Waals surface area contributed by atoms with E-state index in [2.05, 4.69) is 59.7 Å². The van der Waals surface area contributed by atoms with Crippen LogP contribution in [-0.4, -0.2) is 0 Å². The molecule has 0 saturated heterocycles. The molecule has 0 spiro atoms. The molecule has 0 heterocycles. The minimum Gasteiger partial charge on any atom is -0.0622 e. The largest absolute Gasteiger partial charge is 0.0622 e. The van der Waals surface area contributed by atoms with E-state index in [1.807, 2.05) is 12.1 Å².